The number of piperidine rings is 1. The molecule has 0 atom stereocenters. The largest absolute Gasteiger partial charge is 0.444 e. The fraction of sp³-hybridized carbons (Fsp3) is 0.407. The Morgan fingerprint density at radius 3 is 2.50 bits per heavy atom. The van der Waals surface area contributed by atoms with Crippen molar-refractivity contribution in [1.82, 2.24) is 9.88 Å². The van der Waals surface area contributed by atoms with E-state index in [-0.39, 0.29) is 11.5 Å². The first-order valence-electron chi connectivity index (χ1n) is 11.5. The molecule has 2 aliphatic rings. The van der Waals surface area contributed by atoms with Gasteiger partial charge in [0, 0.05) is 24.7 Å². The van der Waals surface area contributed by atoms with Crippen LogP contribution in [0.2, 0.25) is 0 Å². The van der Waals surface area contributed by atoms with Gasteiger partial charge in [-0.3, -0.25) is 0 Å². The summed E-state index contributed by atoms with van der Waals surface area (Å²) < 4.78 is 5.57. The first kappa shape index (κ1) is 20.8. The van der Waals surface area contributed by atoms with Gasteiger partial charge in [-0.15, -0.1) is 0 Å². The molecule has 2 aromatic carbocycles. The number of ether oxygens (including phenoxy) is 1. The number of carbonyl (C=O) groups excluding carboxylic acids is 1. The molecule has 3 aromatic rings. The van der Waals surface area contributed by atoms with Crippen molar-refractivity contribution < 1.29 is 9.53 Å². The summed E-state index contributed by atoms with van der Waals surface area (Å²) in [5, 5.41) is 2.11. The number of hydrogen-bond donors (Lipinski definition) is 1. The molecule has 32 heavy (non-hydrogen) atoms. The van der Waals surface area contributed by atoms with Crippen LogP contribution in [0.25, 0.3) is 21.9 Å². The van der Waals surface area contributed by atoms with Gasteiger partial charge in [0.1, 0.15) is 11.4 Å². The Hall–Kier alpha value is -3.08. The van der Waals surface area contributed by atoms with Crippen molar-refractivity contribution in [3.05, 3.63) is 59.8 Å². The molecule has 1 spiro atoms. The molecule has 5 heteroatoms. The van der Waals surface area contributed by atoms with Gasteiger partial charge in [0.15, 0.2) is 0 Å². The Morgan fingerprint density at radius 1 is 1.03 bits per heavy atom. The summed E-state index contributed by atoms with van der Waals surface area (Å²) in [6.45, 7) is 7.27. The molecule has 2 heterocycles. The molecule has 1 aliphatic heterocycles. The summed E-state index contributed by atoms with van der Waals surface area (Å²) in [5.41, 5.74) is 11.1. The van der Waals surface area contributed by atoms with Crippen molar-refractivity contribution in [2.24, 2.45) is 0 Å². The van der Waals surface area contributed by atoms with Gasteiger partial charge in [-0.25, -0.2) is 9.78 Å². The van der Waals surface area contributed by atoms with E-state index in [4.69, 9.17) is 10.5 Å². The van der Waals surface area contributed by atoms with E-state index in [2.05, 4.69) is 41.4 Å². The second-order valence-electron chi connectivity index (χ2n) is 10.3. The average Bonchev–Trinajstić information content (AvgIpc) is 3.10. The molecule has 166 valence electrons. The molecule has 0 unspecified atom stereocenters. The number of anilines is 1. The third-order valence-corrected chi connectivity index (χ3v) is 7.05. The Labute approximate surface area is 189 Å². The third kappa shape index (κ3) is 3.70. The molecule has 0 saturated carbocycles. The number of hydrogen-bond acceptors (Lipinski definition) is 4. The summed E-state index contributed by atoms with van der Waals surface area (Å²) in [6, 6.07) is 15.3. The van der Waals surface area contributed by atoms with Crippen molar-refractivity contribution in [2.45, 2.75) is 57.5 Å². The monoisotopic (exact) mass is 429 g/mol. The van der Waals surface area contributed by atoms with Gasteiger partial charge in [0.25, 0.3) is 0 Å². The van der Waals surface area contributed by atoms with Crippen molar-refractivity contribution in [2.75, 3.05) is 18.8 Å². The van der Waals surface area contributed by atoms with Crippen molar-refractivity contribution >= 4 is 22.7 Å². The number of likely N-dealkylation sites (tertiary alicyclic amines) is 1. The second kappa shape index (κ2) is 7.51. The van der Waals surface area contributed by atoms with Crippen LogP contribution in [-0.4, -0.2) is 34.7 Å². The molecule has 1 aromatic heterocycles. The van der Waals surface area contributed by atoms with Crippen LogP contribution in [0.3, 0.4) is 0 Å². The van der Waals surface area contributed by atoms with Gasteiger partial charge >= 0.3 is 6.09 Å². The lowest BCUT2D eigenvalue weighted by Crippen LogP contribution is -2.46. The lowest BCUT2D eigenvalue weighted by Gasteiger charge is -2.40. The van der Waals surface area contributed by atoms with E-state index in [0.717, 1.165) is 49.5 Å². The highest BCUT2D eigenvalue weighted by Crippen LogP contribution is 2.47. The summed E-state index contributed by atoms with van der Waals surface area (Å²) in [4.78, 5) is 18.6. The summed E-state index contributed by atoms with van der Waals surface area (Å²) >= 11 is 0. The number of pyridine rings is 1. The fourth-order valence-corrected chi connectivity index (χ4v) is 5.34. The predicted octanol–water partition coefficient (Wildman–Crippen LogP) is 5.70. The van der Waals surface area contributed by atoms with E-state index in [1.165, 1.54) is 22.3 Å². The number of aryl methyl sites for hydroxylation is 1. The van der Waals surface area contributed by atoms with E-state index in [1.807, 2.05) is 31.7 Å². The van der Waals surface area contributed by atoms with Crippen molar-refractivity contribution in [3.63, 3.8) is 0 Å². The van der Waals surface area contributed by atoms with Crippen LogP contribution in [0.1, 0.15) is 51.2 Å². The fourth-order valence-electron chi connectivity index (χ4n) is 5.34. The van der Waals surface area contributed by atoms with Gasteiger partial charge in [-0.05, 0) is 91.6 Å². The molecular formula is C27H31N3O2. The average molecular weight is 430 g/mol. The number of nitrogens with zero attached hydrogens (tertiary/aromatic N) is 2. The van der Waals surface area contributed by atoms with Gasteiger partial charge < -0.3 is 15.4 Å². The first-order chi connectivity index (χ1) is 15.2. The SMILES string of the molecule is CC(C)(C)OC(=O)N1CCC2(CCc3cc(-c4ccc5ccnc(N)c5c4)ccc32)CC1. The maximum Gasteiger partial charge on any atom is 0.410 e. The van der Waals surface area contributed by atoms with Crippen molar-refractivity contribution in [1.29, 1.82) is 0 Å². The van der Waals surface area contributed by atoms with Gasteiger partial charge in [0.05, 0.1) is 0 Å². The molecule has 1 fully saturated rings. The van der Waals surface area contributed by atoms with Crippen LogP contribution in [0, 0.1) is 0 Å². The maximum absolute atomic E-state index is 12.5. The van der Waals surface area contributed by atoms with Crippen LogP contribution in [0.15, 0.2) is 48.7 Å². The quantitative estimate of drug-likeness (QED) is 0.539. The Balaban J connectivity index is 1.37. The number of rotatable bonds is 1. The number of amides is 1. The zero-order valence-corrected chi connectivity index (χ0v) is 19.1. The number of nitrogens with two attached hydrogens (primary N) is 1. The normalized spacial score (nSPS) is 17.5. The highest BCUT2D eigenvalue weighted by Gasteiger charge is 2.42. The van der Waals surface area contributed by atoms with E-state index < -0.39 is 5.60 Å². The number of aromatic nitrogens is 1. The van der Waals surface area contributed by atoms with E-state index in [0.29, 0.717) is 5.82 Å². The Morgan fingerprint density at radius 2 is 1.75 bits per heavy atom. The number of nitrogen functional groups attached to an aromatic ring is 1. The van der Waals surface area contributed by atoms with Crippen LogP contribution >= 0.6 is 0 Å². The summed E-state index contributed by atoms with van der Waals surface area (Å²) in [5.74, 6) is 0.571. The topological polar surface area (TPSA) is 68.5 Å². The minimum atomic E-state index is -0.452. The Kier molecular flexibility index (Phi) is 4.88. The summed E-state index contributed by atoms with van der Waals surface area (Å²) in [7, 11) is 0. The highest BCUT2D eigenvalue weighted by molar-refractivity contribution is 5.94. The molecule has 1 amide bonds. The van der Waals surface area contributed by atoms with Crippen molar-refractivity contribution in [3.8, 4) is 11.1 Å². The summed E-state index contributed by atoms with van der Waals surface area (Å²) in [6.07, 6.45) is 5.80. The molecule has 0 radical (unpaired) electrons. The zero-order valence-electron chi connectivity index (χ0n) is 19.1. The standard InChI is InChI=1S/C27H31N3O2/c1-26(2,3)32-25(31)30-14-11-27(12-15-30)10-8-21-16-19(6-7-23(21)27)20-5-4-18-9-13-29-24(28)22(18)17-20/h4-7,9,13,16-17H,8,10-12,14-15H2,1-3H3,(H2,28,29). The molecular weight excluding hydrogens is 398 g/mol. The van der Waals surface area contributed by atoms with Gasteiger partial charge in [0.2, 0.25) is 0 Å². The van der Waals surface area contributed by atoms with E-state index in [1.54, 1.807) is 6.20 Å². The second-order valence-corrected chi connectivity index (χ2v) is 10.3. The number of carbonyl (C=O) groups is 1. The van der Waals surface area contributed by atoms with E-state index >= 15 is 0 Å². The third-order valence-electron chi connectivity index (χ3n) is 7.05. The van der Waals surface area contributed by atoms with Gasteiger partial charge in [-0.2, -0.15) is 0 Å². The van der Waals surface area contributed by atoms with Crippen LogP contribution in [-0.2, 0) is 16.6 Å². The lowest BCUT2D eigenvalue weighted by atomic mass is 9.73. The smallest absolute Gasteiger partial charge is 0.410 e. The number of benzene rings is 2. The zero-order chi connectivity index (χ0) is 22.5. The Bertz CT molecular complexity index is 1190. The highest BCUT2D eigenvalue weighted by atomic mass is 16.6. The van der Waals surface area contributed by atoms with Gasteiger partial charge in [-0.1, -0.05) is 30.3 Å². The molecule has 1 aliphatic carbocycles. The van der Waals surface area contributed by atoms with E-state index in [9.17, 15) is 4.79 Å². The molecule has 1 saturated heterocycles. The molecule has 5 nitrogen and oxygen atoms in total. The first-order valence-corrected chi connectivity index (χ1v) is 11.5. The van der Waals surface area contributed by atoms with Crippen LogP contribution < -0.4 is 5.73 Å². The molecule has 0 bridgehead atoms. The number of fused-ring (bicyclic) bond motifs is 3. The van der Waals surface area contributed by atoms with Crippen LogP contribution in [0.5, 0.6) is 0 Å². The lowest BCUT2D eigenvalue weighted by molar-refractivity contribution is 0.0164. The van der Waals surface area contributed by atoms with Crippen LogP contribution in [0.4, 0.5) is 10.6 Å². The molecule has 5 rings (SSSR count). The maximum atomic E-state index is 12.5. The molecule has 2 N–H and O–H groups in total. The minimum absolute atomic E-state index is 0.185. The minimum Gasteiger partial charge on any atom is -0.444 e. The predicted molar refractivity (Wildman–Crippen MR) is 129 cm³/mol.